The van der Waals surface area contributed by atoms with Crippen LogP contribution < -0.4 is 15.7 Å². The van der Waals surface area contributed by atoms with Crippen molar-refractivity contribution in [3.63, 3.8) is 0 Å². The van der Waals surface area contributed by atoms with Gasteiger partial charge in [0.25, 0.3) is 0 Å². The van der Waals surface area contributed by atoms with Gasteiger partial charge in [0, 0.05) is 24.8 Å². The molecule has 1 heterocycles. The molecule has 20 heavy (non-hydrogen) atoms. The molecule has 1 aromatic heterocycles. The van der Waals surface area contributed by atoms with Crippen molar-refractivity contribution >= 4 is 28.5 Å². The van der Waals surface area contributed by atoms with Gasteiger partial charge in [0.05, 0.1) is 0 Å². The summed E-state index contributed by atoms with van der Waals surface area (Å²) in [5.41, 5.74) is 0.285. The van der Waals surface area contributed by atoms with Crippen LogP contribution in [0.25, 0.3) is 11.0 Å². The molecule has 2 aromatic rings. The third-order valence-corrected chi connectivity index (χ3v) is 2.67. The van der Waals surface area contributed by atoms with Crippen LogP contribution in [0.5, 0.6) is 5.75 Å². The molecule has 0 unspecified atom stereocenters. The van der Waals surface area contributed by atoms with Crippen LogP contribution in [0.3, 0.4) is 0 Å². The normalized spacial score (nSPS) is 10.3. The zero-order chi connectivity index (χ0) is 14.9. The minimum Gasteiger partial charge on any atom is -0.426 e. The number of carbonyl (C=O) groups excluding carboxylic acids is 2. The first-order valence-electron chi connectivity index (χ1n) is 5.92. The van der Waals surface area contributed by atoms with Crippen LogP contribution in [0, 0.1) is 6.92 Å². The summed E-state index contributed by atoms with van der Waals surface area (Å²) < 4.78 is 10.2. The first-order valence-corrected chi connectivity index (χ1v) is 5.92. The predicted molar refractivity (Wildman–Crippen MR) is 72.8 cm³/mol. The molecule has 0 aliphatic heterocycles. The zero-order valence-electron chi connectivity index (χ0n) is 11.3. The Kier molecular flexibility index (Phi) is 3.56. The zero-order valence-corrected chi connectivity index (χ0v) is 11.3. The van der Waals surface area contributed by atoms with Crippen molar-refractivity contribution in [2.45, 2.75) is 20.8 Å². The molecule has 0 aliphatic carbocycles. The van der Waals surface area contributed by atoms with Crippen molar-refractivity contribution in [1.82, 2.24) is 0 Å². The van der Waals surface area contributed by atoms with Gasteiger partial charge in [0.1, 0.15) is 17.0 Å². The predicted octanol–water partition coefficient (Wildman–Crippen LogP) is 1.99. The molecule has 2 rings (SSSR count). The van der Waals surface area contributed by atoms with Crippen LogP contribution >= 0.6 is 0 Å². The smallest absolute Gasteiger partial charge is 0.360 e. The lowest BCUT2D eigenvalue weighted by molar-refractivity contribution is -0.131. The molecule has 0 atom stereocenters. The number of carbonyl (C=O) groups is 2. The van der Waals surface area contributed by atoms with Crippen molar-refractivity contribution in [1.29, 1.82) is 0 Å². The molecule has 6 nitrogen and oxygen atoms in total. The first kappa shape index (κ1) is 13.8. The summed E-state index contributed by atoms with van der Waals surface area (Å²) >= 11 is 0. The molecular formula is C14H13NO5. The first-order chi connectivity index (χ1) is 9.38. The summed E-state index contributed by atoms with van der Waals surface area (Å²) in [6.07, 6.45) is 0. The van der Waals surface area contributed by atoms with Gasteiger partial charge in [-0.1, -0.05) is 0 Å². The van der Waals surface area contributed by atoms with E-state index in [1.54, 1.807) is 19.1 Å². The van der Waals surface area contributed by atoms with Gasteiger partial charge in [0.15, 0.2) is 0 Å². The Morgan fingerprint density at radius 1 is 1.25 bits per heavy atom. The van der Waals surface area contributed by atoms with E-state index < -0.39 is 11.6 Å². The summed E-state index contributed by atoms with van der Waals surface area (Å²) in [7, 11) is 0. The number of ether oxygens (including phenoxy) is 1. The number of fused-ring (bicyclic) bond motifs is 1. The molecule has 0 spiro atoms. The number of esters is 1. The van der Waals surface area contributed by atoms with E-state index in [1.807, 2.05) is 0 Å². The van der Waals surface area contributed by atoms with Gasteiger partial charge in [0.2, 0.25) is 5.91 Å². The maximum Gasteiger partial charge on any atom is 0.360 e. The minimum atomic E-state index is -0.657. The van der Waals surface area contributed by atoms with E-state index in [2.05, 4.69) is 5.32 Å². The van der Waals surface area contributed by atoms with Gasteiger partial charge < -0.3 is 14.5 Å². The van der Waals surface area contributed by atoms with Crippen molar-refractivity contribution in [2.24, 2.45) is 0 Å². The van der Waals surface area contributed by atoms with Crippen molar-refractivity contribution in [3.05, 3.63) is 34.2 Å². The number of nitrogens with one attached hydrogen (secondary N) is 1. The average molecular weight is 275 g/mol. The third kappa shape index (κ3) is 2.69. The Morgan fingerprint density at radius 3 is 2.55 bits per heavy atom. The van der Waals surface area contributed by atoms with Crippen molar-refractivity contribution < 1.29 is 18.7 Å². The number of benzene rings is 1. The molecule has 0 fully saturated rings. The monoisotopic (exact) mass is 275 g/mol. The number of amides is 1. The fraction of sp³-hybridized carbons (Fsp3) is 0.214. The van der Waals surface area contributed by atoms with E-state index in [4.69, 9.17) is 9.15 Å². The number of anilines is 1. The summed E-state index contributed by atoms with van der Waals surface area (Å²) in [5.74, 6) is -0.477. The number of hydrogen-bond donors (Lipinski definition) is 1. The maximum absolute atomic E-state index is 11.8. The van der Waals surface area contributed by atoms with Gasteiger partial charge in [-0.15, -0.1) is 0 Å². The van der Waals surface area contributed by atoms with E-state index in [1.165, 1.54) is 19.9 Å². The molecule has 1 amide bonds. The van der Waals surface area contributed by atoms with Crippen molar-refractivity contribution in [3.8, 4) is 5.75 Å². The number of aryl methyl sites for hydroxylation is 1. The fourth-order valence-electron chi connectivity index (χ4n) is 1.85. The topological polar surface area (TPSA) is 85.6 Å². The summed E-state index contributed by atoms with van der Waals surface area (Å²) in [5, 5.41) is 3.03. The van der Waals surface area contributed by atoms with Crippen LogP contribution in [0.15, 0.2) is 27.4 Å². The Bertz CT molecular complexity index is 760. The summed E-state index contributed by atoms with van der Waals surface area (Å²) in [6.45, 7) is 4.28. The molecular weight excluding hydrogens is 262 g/mol. The minimum absolute atomic E-state index is 0.0737. The standard InChI is InChI=1S/C14H13NO5/c1-7-12(19-9(3)17)5-4-10-6-11(15-8(2)16)14(18)20-13(7)10/h4-6H,1-3H3,(H,15,16). The molecule has 0 saturated carbocycles. The molecule has 1 N–H and O–H groups in total. The van der Waals surface area contributed by atoms with Gasteiger partial charge in [-0.2, -0.15) is 0 Å². The molecule has 1 aromatic carbocycles. The van der Waals surface area contributed by atoms with Gasteiger partial charge >= 0.3 is 11.6 Å². The highest BCUT2D eigenvalue weighted by atomic mass is 16.5. The SMILES string of the molecule is CC(=O)Nc1cc2ccc(OC(C)=O)c(C)c2oc1=O. The third-order valence-electron chi connectivity index (χ3n) is 2.67. The average Bonchev–Trinajstić information content (AvgIpc) is 2.34. The van der Waals surface area contributed by atoms with Crippen LogP contribution in [-0.2, 0) is 9.59 Å². The Balaban J connectivity index is 2.60. The molecule has 0 radical (unpaired) electrons. The quantitative estimate of drug-likeness (QED) is 0.514. The highest BCUT2D eigenvalue weighted by Gasteiger charge is 2.12. The van der Waals surface area contributed by atoms with Crippen LogP contribution in [-0.4, -0.2) is 11.9 Å². The second-order valence-corrected chi connectivity index (χ2v) is 4.33. The Morgan fingerprint density at radius 2 is 1.95 bits per heavy atom. The lowest BCUT2D eigenvalue weighted by Gasteiger charge is -2.08. The molecule has 6 heteroatoms. The van der Waals surface area contributed by atoms with E-state index in [0.717, 1.165) is 0 Å². The molecule has 0 aliphatic rings. The van der Waals surface area contributed by atoms with Crippen molar-refractivity contribution in [2.75, 3.05) is 5.32 Å². The van der Waals surface area contributed by atoms with Gasteiger partial charge in [-0.05, 0) is 25.1 Å². The summed E-state index contributed by atoms with van der Waals surface area (Å²) in [4.78, 5) is 33.7. The molecule has 104 valence electrons. The summed E-state index contributed by atoms with van der Waals surface area (Å²) in [6, 6.07) is 4.78. The molecule has 0 bridgehead atoms. The molecule has 0 saturated heterocycles. The van der Waals surface area contributed by atoms with Crippen LogP contribution in [0.2, 0.25) is 0 Å². The van der Waals surface area contributed by atoms with Gasteiger partial charge in [-0.25, -0.2) is 4.79 Å². The lowest BCUT2D eigenvalue weighted by Crippen LogP contribution is -2.14. The van der Waals surface area contributed by atoms with Gasteiger partial charge in [-0.3, -0.25) is 9.59 Å². The highest BCUT2D eigenvalue weighted by Crippen LogP contribution is 2.27. The number of rotatable bonds is 2. The fourth-order valence-corrected chi connectivity index (χ4v) is 1.85. The highest BCUT2D eigenvalue weighted by molar-refractivity contribution is 5.92. The van der Waals surface area contributed by atoms with Crippen LogP contribution in [0.4, 0.5) is 5.69 Å². The number of hydrogen-bond acceptors (Lipinski definition) is 5. The second-order valence-electron chi connectivity index (χ2n) is 4.33. The Labute approximate surface area is 114 Å². The van der Waals surface area contributed by atoms with E-state index in [-0.39, 0.29) is 11.6 Å². The van der Waals surface area contributed by atoms with Crippen LogP contribution in [0.1, 0.15) is 19.4 Å². The van der Waals surface area contributed by atoms with E-state index >= 15 is 0 Å². The maximum atomic E-state index is 11.8. The Hall–Kier alpha value is -2.63. The lowest BCUT2D eigenvalue weighted by atomic mass is 10.1. The largest absolute Gasteiger partial charge is 0.426 e. The van der Waals surface area contributed by atoms with E-state index in [9.17, 15) is 14.4 Å². The van der Waals surface area contributed by atoms with E-state index in [0.29, 0.717) is 22.3 Å². The second kappa shape index (κ2) is 5.16.